The van der Waals surface area contributed by atoms with Crippen LogP contribution in [0.4, 0.5) is 0 Å². The van der Waals surface area contributed by atoms with Crippen LogP contribution in [0.15, 0.2) is 41.7 Å². The van der Waals surface area contributed by atoms with Gasteiger partial charge in [-0.15, -0.1) is 0 Å². The minimum atomic E-state index is -1.24. The van der Waals surface area contributed by atoms with Crippen molar-refractivity contribution >= 4 is 35.1 Å². The summed E-state index contributed by atoms with van der Waals surface area (Å²) < 4.78 is 0. The number of Topliss-reactive ketones (excluding diaryl/α,β-unsaturated/α-hetero) is 1. The number of rotatable bonds is 8. The number of piperidine rings is 1. The maximum absolute atomic E-state index is 13.0. The normalized spacial score (nSPS) is 25.3. The highest BCUT2D eigenvalue weighted by atomic mass is 35.5. The van der Waals surface area contributed by atoms with Crippen molar-refractivity contribution < 1.29 is 24.3 Å². The third-order valence-corrected chi connectivity index (χ3v) is 7.63. The largest absolute Gasteiger partial charge is 0.370 e. The van der Waals surface area contributed by atoms with Gasteiger partial charge in [-0.3, -0.25) is 29.4 Å². The number of benzene rings is 1. The van der Waals surface area contributed by atoms with Crippen LogP contribution in [-0.4, -0.2) is 45.8 Å². The van der Waals surface area contributed by atoms with Crippen LogP contribution in [0.5, 0.6) is 0 Å². The van der Waals surface area contributed by atoms with Gasteiger partial charge >= 0.3 is 0 Å². The van der Waals surface area contributed by atoms with Crippen molar-refractivity contribution in [2.45, 2.75) is 71.1 Å². The number of allylic oxidation sites excluding steroid dienone is 2. The van der Waals surface area contributed by atoms with Gasteiger partial charge in [-0.25, -0.2) is 0 Å². The molecule has 2 heterocycles. The van der Waals surface area contributed by atoms with Gasteiger partial charge < -0.3 is 10.4 Å². The lowest BCUT2D eigenvalue weighted by Gasteiger charge is -2.32. The number of aliphatic hydroxyl groups is 1. The van der Waals surface area contributed by atoms with Crippen molar-refractivity contribution in [1.29, 1.82) is 0 Å². The standard InChI is InChI=1S/C27H32ClN3O5/c1-15-6-7-17(12-21(15)28)11-20(32)10-16(2)18-4-3-5-19(13-18)29-22-14-25(34)31(27(22)36)23-8-9-24(33)30-26(23)35/h6-7,12-14,16,18,23,25,29,34H,3-5,8-11H2,1-2H3,(H,30,33,35). The molecule has 36 heavy (non-hydrogen) atoms. The SMILES string of the molecule is Cc1ccc(CC(=O)CC(C)C2C=C(NC3=CC(O)N(C4CCC(=O)NC4=O)C3=O)CCC2)cc1Cl. The zero-order valence-corrected chi connectivity index (χ0v) is 21.3. The van der Waals surface area contributed by atoms with Gasteiger partial charge in [-0.1, -0.05) is 36.7 Å². The van der Waals surface area contributed by atoms with E-state index in [-0.39, 0.29) is 42.1 Å². The van der Waals surface area contributed by atoms with Gasteiger partial charge in [0.2, 0.25) is 11.8 Å². The topological polar surface area (TPSA) is 116 Å². The molecule has 0 bridgehead atoms. The molecule has 3 aliphatic rings. The van der Waals surface area contributed by atoms with Crippen LogP contribution >= 0.6 is 11.6 Å². The Labute approximate surface area is 215 Å². The fourth-order valence-electron chi connectivity index (χ4n) is 5.16. The van der Waals surface area contributed by atoms with E-state index in [4.69, 9.17) is 11.6 Å². The summed E-state index contributed by atoms with van der Waals surface area (Å²) in [5.74, 6) is -0.948. The Hall–Kier alpha value is -2.97. The number of aliphatic hydroxyl groups excluding tert-OH is 1. The molecule has 1 aromatic carbocycles. The number of hydrogen-bond acceptors (Lipinski definition) is 6. The first-order valence-corrected chi connectivity index (χ1v) is 12.8. The average Bonchev–Trinajstić information content (AvgIpc) is 3.09. The summed E-state index contributed by atoms with van der Waals surface area (Å²) >= 11 is 6.19. The molecule has 4 unspecified atom stereocenters. The summed E-state index contributed by atoms with van der Waals surface area (Å²) in [6, 6.07) is 4.82. The van der Waals surface area contributed by atoms with Crippen molar-refractivity contribution in [1.82, 2.24) is 15.5 Å². The van der Waals surface area contributed by atoms with Crippen LogP contribution < -0.4 is 10.6 Å². The minimum absolute atomic E-state index is 0.121. The second-order valence-corrected chi connectivity index (χ2v) is 10.4. The number of nitrogens with zero attached hydrogens (tertiary/aromatic N) is 1. The van der Waals surface area contributed by atoms with E-state index >= 15 is 0 Å². The van der Waals surface area contributed by atoms with Crippen LogP contribution in [0.2, 0.25) is 5.02 Å². The maximum Gasteiger partial charge on any atom is 0.273 e. The van der Waals surface area contributed by atoms with Gasteiger partial charge in [0.05, 0.1) is 0 Å². The van der Waals surface area contributed by atoms with Crippen molar-refractivity contribution in [3.05, 3.63) is 57.9 Å². The van der Waals surface area contributed by atoms with E-state index in [0.717, 1.165) is 41.0 Å². The van der Waals surface area contributed by atoms with Gasteiger partial charge in [-0.05, 0) is 67.7 Å². The predicted molar refractivity (Wildman–Crippen MR) is 134 cm³/mol. The van der Waals surface area contributed by atoms with Crippen molar-refractivity contribution in [2.75, 3.05) is 0 Å². The number of ketones is 1. The molecule has 1 aliphatic carbocycles. The fourth-order valence-corrected chi connectivity index (χ4v) is 5.37. The van der Waals surface area contributed by atoms with Crippen LogP contribution in [0.1, 0.15) is 56.6 Å². The zero-order valence-electron chi connectivity index (χ0n) is 20.6. The van der Waals surface area contributed by atoms with E-state index < -0.39 is 24.1 Å². The maximum atomic E-state index is 13.0. The van der Waals surface area contributed by atoms with Gasteiger partial charge in [0.1, 0.15) is 17.5 Å². The molecular weight excluding hydrogens is 482 g/mol. The monoisotopic (exact) mass is 513 g/mol. The molecule has 4 atom stereocenters. The number of nitrogens with one attached hydrogen (secondary N) is 2. The fraction of sp³-hybridized carbons (Fsp3) is 0.481. The lowest BCUT2D eigenvalue weighted by molar-refractivity contribution is -0.149. The Morgan fingerprint density at radius 1 is 1.22 bits per heavy atom. The second kappa shape index (κ2) is 11.0. The smallest absolute Gasteiger partial charge is 0.273 e. The van der Waals surface area contributed by atoms with E-state index in [1.807, 2.05) is 25.1 Å². The number of carbonyl (C=O) groups excluding carboxylic acids is 4. The second-order valence-electron chi connectivity index (χ2n) is 10.0. The third kappa shape index (κ3) is 5.87. The van der Waals surface area contributed by atoms with Crippen LogP contribution in [-0.2, 0) is 25.6 Å². The lowest BCUT2D eigenvalue weighted by atomic mass is 9.81. The highest BCUT2D eigenvalue weighted by Gasteiger charge is 2.42. The van der Waals surface area contributed by atoms with E-state index in [1.54, 1.807) is 0 Å². The number of amides is 3. The summed E-state index contributed by atoms with van der Waals surface area (Å²) in [4.78, 5) is 50.5. The molecule has 192 valence electrons. The Morgan fingerprint density at radius 3 is 2.72 bits per heavy atom. The quantitative estimate of drug-likeness (QED) is 0.460. The van der Waals surface area contributed by atoms with Crippen LogP contribution in [0.25, 0.3) is 0 Å². The van der Waals surface area contributed by atoms with E-state index in [9.17, 15) is 24.3 Å². The molecule has 0 radical (unpaired) electrons. The molecule has 2 aliphatic heterocycles. The Kier molecular flexibility index (Phi) is 7.95. The van der Waals surface area contributed by atoms with Crippen molar-refractivity contribution in [2.24, 2.45) is 11.8 Å². The Balaban J connectivity index is 1.35. The van der Waals surface area contributed by atoms with E-state index in [0.29, 0.717) is 17.9 Å². The van der Waals surface area contributed by atoms with Gasteiger partial charge in [-0.2, -0.15) is 0 Å². The molecule has 3 N–H and O–H groups in total. The molecule has 1 fully saturated rings. The van der Waals surface area contributed by atoms with Gasteiger partial charge in [0.15, 0.2) is 6.23 Å². The molecule has 1 aromatic rings. The lowest BCUT2D eigenvalue weighted by Crippen LogP contribution is -2.55. The predicted octanol–water partition coefficient (Wildman–Crippen LogP) is 2.91. The number of hydrogen-bond donors (Lipinski definition) is 3. The number of imide groups is 1. The molecule has 9 heteroatoms. The summed E-state index contributed by atoms with van der Waals surface area (Å²) in [6.45, 7) is 4.00. The minimum Gasteiger partial charge on any atom is -0.370 e. The summed E-state index contributed by atoms with van der Waals surface area (Å²) in [5, 5.41) is 16.5. The molecular formula is C27H32ClN3O5. The molecule has 0 spiro atoms. The molecule has 3 amide bonds. The summed E-state index contributed by atoms with van der Waals surface area (Å²) in [6.07, 6.45) is 5.95. The summed E-state index contributed by atoms with van der Waals surface area (Å²) in [5.41, 5.74) is 2.99. The highest BCUT2D eigenvalue weighted by molar-refractivity contribution is 6.31. The van der Waals surface area contributed by atoms with Gasteiger partial charge in [0.25, 0.3) is 5.91 Å². The first-order chi connectivity index (χ1) is 17.1. The Morgan fingerprint density at radius 2 is 2.00 bits per heavy atom. The van der Waals surface area contributed by atoms with Crippen molar-refractivity contribution in [3.8, 4) is 0 Å². The zero-order chi connectivity index (χ0) is 26.0. The molecule has 0 saturated carbocycles. The molecule has 0 aromatic heterocycles. The number of aryl methyl sites for hydroxylation is 1. The van der Waals surface area contributed by atoms with Crippen molar-refractivity contribution in [3.63, 3.8) is 0 Å². The summed E-state index contributed by atoms with van der Waals surface area (Å²) in [7, 11) is 0. The first-order valence-electron chi connectivity index (χ1n) is 12.4. The first kappa shape index (κ1) is 26.1. The third-order valence-electron chi connectivity index (χ3n) is 7.22. The van der Waals surface area contributed by atoms with E-state index in [2.05, 4.69) is 23.6 Å². The van der Waals surface area contributed by atoms with Crippen LogP contribution in [0, 0.1) is 18.8 Å². The highest BCUT2D eigenvalue weighted by Crippen LogP contribution is 2.31. The Bertz CT molecular complexity index is 1140. The van der Waals surface area contributed by atoms with Gasteiger partial charge in [0, 0.05) is 30.0 Å². The van der Waals surface area contributed by atoms with Crippen LogP contribution in [0.3, 0.4) is 0 Å². The molecule has 8 nitrogen and oxygen atoms in total. The number of carbonyl (C=O) groups is 4. The molecule has 1 saturated heterocycles. The number of halogens is 1. The average molecular weight is 514 g/mol. The van der Waals surface area contributed by atoms with E-state index in [1.165, 1.54) is 6.08 Å². The molecule has 4 rings (SSSR count).